The molecule has 0 bridgehead atoms. The van der Waals surface area contributed by atoms with Crippen molar-refractivity contribution in [2.24, 2.45) is 0 Å². The maximum absolute atomic E-state index is 11.6. The Labute approximate surface area is 678 Å². The summed E-state index contributed by atoms with van der Waals surface area (Å²) in [6.45, 7) is 18.9. The van der Waals surface area contributed by atoms with Crippen molar-refractivity contribution in [2.45, 2.75) is 87.7 Å². The number of amides is 1. The van der Waals surface area contributed by atoms with Gasteiger partial charge in [-0.1, -0.05) is 33.7 Å². The van der Waals surface area contributed by atoms with Gasteiger partial charge < -0.3 is 75.1 Å². The number of methoxy groups -OCH3 is 5. The first kappa shape index (κ1) is 82.2. The number of nitro groups is 1. The number of aromatic amines is 1. The maximum atomic E-state index is 11.6. The first-order valence-electron chi connectivity index (χ1n) is 38.0. The van der Waals surface area contributed by atoms with Crippen LogP contribution in [0.3, 0.4) is 0 Å². The van der Waals surface area contributed by atoms with Crippen LogP contribution < -0.4 is 30.0 Å². The number of nitrogens with two attached hydrogens (primary N) is 1. The van der Waals surface area contributed by atoms with Crippen LogP contribution in [0.1, 0.15) is 70.0 Å². The molecular weight excluding hydrogens is 1500 g/mol. The number of hydrogen-bond donors (Lipinski definition) is 3. The molecule has 0 unspecified atom stereocenters. The van der Waals surface area contributed by atoms with Crippen molar-refractivity contribution in [3.8, 4) is 91.6 Å². The van der Waals surface area contributed by atoms with Gasteiger partial charge in [-0.15, -0.1) is 0 Å². The van der Waals surface area contributed by atoms with Crippen molar-refractivity contribution in [3.05, 3.63) is 234 Å². The number of carbonyl (C=O) groups excluding carboxylic acids is 2. The summed E-state index contributed by atoms with van der Waals surface area (Å²) < 4.78 is 58.6. The Balaban J connectivity index is 0.000000130. The third-order valence-corrected chi connectivity index (χ3v) is 19.9. The number of carbonyl (C=O) groups is 2. The van der Waals surface area contributed by atoms with Gasteiger partial charge in [-0.2, -0.15) is 15.6 Å². The lowest BCUT2D eigenvalue weighted by Gasteiger charge is -2.09. The summed E-state index contributed by atoms with van der Waals surface area (Å²) in [6, 6.07) is 53.4. The van der Waals surface area contributed by atoms with E-state index in [1.807, 2.05) is 128 Å². The average Bonchev–Trinajstić information content (AvgIpc) is 1.62. The Kier molecular flexibility index (Phi) is 26.2. The van der Waals surface area contributed by atoms with Crippen molar-refractivity contribution >= 4 is 94.7 Å². The van der Waals surface area contributed by atoms with Crippen LogP contribution in [0.5, 0.6) is 23.0 Å². The lowest BCUT2D eigenvalue weighted by Crippen LogP contribution is -2.16. The molecule has 10 aromatic heterocycles. The molecule has 0 radical (unpaired) electrons. The molecule has 0 aliphatic heterocycles. The second kappa shape index (κ2) is 37.6. The van der Waals surface area contributed by atoms with Gasteiger partial charge in [0, 0.05) is 191 Å². The average molecular weight is 1590 g/mol. The van der Waals surface area contributed by atoms with E-state index in [9.17, 15) is 30.2 Å². The fourth-order valence-electron chi connectivity index (χ4n) is 14.2. The number of benzene rings is 7. The van der Waals surface area contributed by atoms with E-state index in [0.717, 1.165) is 144 Å². The van der Waals surface area contributed by atoms with Gasteiger partial charge >= 0.3 is 12.1 Å². The number of nitriles is 2. The largest absolute Gasteiger partial charge is 0.497 e. The summed E-state index contributed by atoms with van der Waals surface area (Å²) in [7, 11) is 8.07. The minimum atomic E-state index is -0.675. The number of anilines is 2. The summed E-state index contributed by atoms with van der Waals surface area (Å²) in [5.41, 5.74) is 21.9. The van der Waals surface area contributed by atoms with Crippen LogP contribution in [0.25, 0.3) is 122 Å². The van der Waals surface area contributed by atoms with Gasteiger partial charge in [-0.05, 0) is 139 Å². The minimum absolute atomic E-state index is 0.0770. The number of nitrogens with one attached hydrogen (secondary N) is 2. The number of aryl methyl sites for hydroxylation is 6. The highest BCUT2D eigenvalue weighted by molar-refractivity contribution is 6.02. The summed E-state index contributed by atoms with van der Waals surface area (Å²) in [4.78, 5) is 33.7. The number of esters is 1. The van der Waals surface area contributed by atoms with Crippen LogP contribution in [-0.4, -0.2) is 112 Å². The molecule has 118 heavy (non-hydrogen) atoms. The molecule has 0 aliphatic carbocycles. The van der Waals surface area contributed by atoms with E-state index in [0.29, 0.717) is 40.0 Å². The van der Waals surface area contributed by atoms with E-state index >= 15 is 0 Å². The molecule has 1 amide bonds. The Bertz CT molecular complexity index is 6140. The molecule has 10 heterocycles. The lowest BCUT2D eigenvalue weighted by molar-refractivity contribution is -0.384. The number of ether oxygens (including phenoxy) is 6. The number of aromatic nitrogens is 11. The molecule has 29 nitrogen and oxygen atoms in total. The standard InChI is InChI=1S/C18H17N3O.C15H14N2O3.C14H14N4O4.C14H15N3O.2C14H14N2O2/c1-3-21-17-10-14(22-2)8-9-15(17)16(11-19)18(21)12-4-6-13(20)7-5-12;1-3-17-9-12(14-6-7-16-20-14)11-5-4-10(8-13(11)17)15(18)19-2;1-3-17-12-7-9(18(20)21)5-6-10(12)11(8-15)13(17)16-14(19)22-4-2;1-3-17-9-12(13-6-7-15-16-13)11-5-4-10(18-2)8-14(11)17;1-3-16-9-12(14-6-7-15-18-14)11-5-4-10(17-2)8-13(11)16;1-3-16-9-12(13-6-7-18-15-13)11-5-4-10(17-2)8-14(11)16/h4-10H,3,20H2,1-2H3;4-9H,3H2,1-2H3;5-7H,3-4H2,1-2H3,(H,16,19);4-9H,3H2,1-2H3,(H,15,16);2*4-9H,3H2,1-2H3. The van der Waals surface area contributed by atoms with Crippen molar-refractivity contribution in [3.63, 3.8) is 0 Å². The highest BCUT2D eigenvalue weighted by Crippen LogP contribution is 2.40. The van der Waals surface area contributed by atoms with E-state index in [2.05, 4.69) is 137 Å². The van der Waals surface area contributed by atoms with Gasteiger partial charge in [-0.25, -0.2) is 9.59 Å². The topological polar surface area (TPSA) is 355 Å². The summed E-state index contributed by atoms with van der Waals surface area (Å²) in [5, 5.41) is 57.0. The molecule has 29 heteroatoms. The number of fused-ring (bicyclic) bond motifs is 6. The zero-order chi connectivity index (χ0) is 83.7. The van der Waals surface area contributed by atoms with Crippen LogP contribution in [0.2, 0.25) is 0 Å². The zero-order valence-electron chi connectivity index (χ0n) is 67.3. The predicted octanol–water partition coefficient (Wildman–Crippen LogP) is 19.6. The number of rotatable bonds is 19. The van der Waals surface area contributed by atoms with Crippen molar-refractivity contribution < 1.29 is 56.5 Å². The van der Waals surface area contributed by atoms with E-state index in [-0.39, 0.29) is 29.6 Å². The molecule has 0 aliphatic rings. The van der Waals surface area contributed by atoms with Gasteiger partial charge in [0.1, 0.15) is 58.5 Å². The van der Waals surface area contributed by atoms with Crippen LogP contribution >= 0.6 is 0 Å². The molecule has 0 spiro atoms. The number of hydrogen-bond acceptors (Lipinski definition) is 20. The number of nitrogen functional groups attached to an aromatic ring is 1. The van der Waals surface area contributed by atoms with Crippen molar-refractivity contribution in [1.29, 1.82) is 10.5 Å². The maximum Gasteiger partial charge on any atom is 0.412 e. The number of nitrogens with zero attached hydrogens (tertiary/aromatic N) is 13. The highest BCUT2D eigenvalue weighted by Gasteiger charge is 2.24. The number of H-pyrrole nitrogens is 1. The van der Waals surface area contributed by atoms with E-state index in [1.165, 1.54) is 41.8 Å². The smallest absolute Gasteiger partial charge is 0.412 e. The number of non-ortho nitro benzene ring substituents is 1. The normalized spacial score (nSPS) is 10.8. The van der Waals surface area contributed by atoms with Gasteiger partial charge in [0.2, 0.25) is 0 Å². The SMILES string of the molecule is CCOC(=O)Nc1c(C#N)c2ccc([N+](=O)[O-])cc2n1CC.CCn1c(-c2ccc(N)cc2)c(C#N)c2ccc(OC)cc21.CCn1cc(-c2ccn[nH]2)c2ccc(OC)cc21.CCn1cc(-c2ccno2)c2ccc(C(=O)OC)cc21.CCn1cc(-c2ccno2)c2ccc(OC)cc21.CCn1cc(-c2ccon2)c2ccc(OC)cc21. The summed E-state index contributed by atoms with van der Waals surface area (Å²) >= 11 is 0. The molecule has 0 atom stereocenters. The van der Waals surface area contributed by atoms with Crippen LogP contribution in [-0.2, 0) is 48.7 Å². The molecule has 4 N–H and O–H groups in total. The molecular formula is C89H88N16O13. The fraction of sp³-hybridized carbons (Fsp3) is 0.213. The van der Waals surface area contributed by atoms with Gasteiger partial charge in [0.05, 0.1) is 110 Å². The Morgan fingerprint density at radius 3 is 1.43 bits per heavy atom. The molecule has 602 valence electrons. The van der Waals surface area contributed by atoms with Crippen LogP contribution in [0, 0.1) is 32.8 Å². The Hall–Kier alpha value is -15.3. The van der Waals surface area contributed by atoms with Gasteiger partial charge in [-0.3, -0.25) is 20.5 Å². The first-order chi connectivity index (χ1) is 57.4. The van der Waals surface area contributed by atoms with Gasteiger partial charge in [0.25, 0.3) is 5.69 Å². The fourth-order valence-corrected chi connectivity index (χ4v) is 14.2. The predicted molar refractivity (Wildman–Crippen MR) is 454 cm³/mol. The first-order valence-corrected chi connectivity index (χ1v) is 38.0. The molecule has 17 aromatic rings. The second-order valence-corrected chi connectivity index (χ2v) is 26.3. The third-order valence-electron chi connectivity index (χ3n) is 19.9. The molecule has 0 saturated heterocycles. The van der Waals surface area contributed by atoms with Crippen molar-refractivity contribution in [2.75, 3.05) is 53.2 Å². The minimum Gasteiger partial charge on any atom is -0.497 e. The van der Waals surface area contributed by atoms with E-state index < -0.39 is 11.0 Å². The monoisotopic (exact) mass is 1590 g/mol. The van der Waals surface area contributed by atoms with E-state index in [1.54, 1.807) is 70.9 Å². The summed E-state index contributed by atoms with van der Waals surface area (Å²) in [5.74, 6) is 4.84. The van der Waals surface area contributed by atoms with E-state index in [4.69, 9.17) is 47.7 Å². The second-order valence-electron chi connectivity index (χ2n) is 26.3. The van der Waals surface area contributed by atoms with Crippen LogP contribution in [0.15, 0.2) is 221 Å². The summed E-state index contributed by atoms with van der Waals surface area (Å²) in [6.07, 6.45) is 14.3. The molecule has 17 rings (SSSR count). The quantitative estimate of drug-likeness (QED) is 0.0293. The third kappa shape index (κ3) is 17.1. The highest BCUT2D eigenvalue weighted by atomic mass is 16.6. The van der Waals surface area contributed by atoms with Crippen LogP contribution in [0.4, 0.5) is 22.0 Å². The van der Waals surface area contributed by atoms with Crippen molar-refractivity contribution in [1.82, 2.24) is 53.1 Å². The van der Waals surface area contributed by atoms with Gasteiger partial charge in [0.15, 0.2) is 11.5 Å². The zero-order valence-corrected chi connectivity index (χ0v) is 67.3. The Morgan fingerprint density at radius 1 is 0.517 bits per heavy atom. The molecule has 0 fully saturated rings. The number of nitro benzene ring substituents is 1. The Morgan fingerprint density at radius 2 is 0.983 bits per heavy atom. The molecule has 0 saturated carbocycles. The lowest BCUT2D eigenvalue weighted by atomic mass is 10.1. The molecule has 7 aromatic carbocycles.